The third-order valence-corrected chi connectivity index (χ3v) is 6.47. The third kappa shape index (κ3) is 4.15. The smallest absolute Gasteiger partial charge is 0.418 e. The summed E-state index contributed by atoms with van der Waals surface area (Å²) < 4.78 is 75.7. The van der Waals surface area contributed by atoms with Gasteiger partial charge in [-0.15, -0.1) is 0 Å². The van der Waals surface area contributed by atoms with Gasteiger partial charge in [0, 0.05) is 31.0 Å². The standard InChI is InChI=1S/C23H17F3N4O4S/c1-33-11-17-21-19(28-15-7-5-12(35(2,31)32)10-18(15)34-21)13-6-8-16(29-22(13)30-17)20-14(23(24,25)26)4-3-9-27-20/h3-10,28H,11H2,1-2H3. The highest BCUT2D eigenvalue weighted by atomic mass is 32.2. The van der Waals surface area contributed by atoms with Crippen molar-refractivity contribution in [3.63, 3.8) is 0 Å². The van der Waals surface area contributed by atoms with Gasteiger partial charge in [-0.05, 0) is 36.4 Å². The first-order valence-corrected chi connectivity index (χ1v) is 12.1. The molecule has 3 aromatic heterocycles. The number of fused-ring (bicyclic) bond motifs is 4. The Morgan fingerprint density at radius 3 is 2.63 bits per heavy atom. The summed E-state index contributed by atoms with van der Waals surface area (Å²) in [7, 11) is -2.00. The lowest BCUT2D eigenvalue weighted by molar-refractivity contribution is -0.137. The van der Waals surface area contributed by atoms with Crippen molar-refractivity contribution in [3.05, 3.63) is 59.9 Å². The van der Waals surface area contributed by atoms with E-state index in [2.05, 4.69) is 20.3 Å². The molecule has 0 radical (unpaired) electrons. The summed E-state index contributed by atoms with van der Waals surface area (Å²) in [6, 6.07) is 9.60. The van der Waals surface area contributed by atoms with Crippen LogP contribution in [0.15, 0.2) is 53.6 Å². The molecular weight excluding hydrogens is 485 g/mol. The summed E-state index contributed by atoms with van der Waals surface area (Å²) in [4.78, 5) is 12.8. The van der Waals surface area contributed by atoms with E-state index in [4.69, 9.17) is 9.47 Å². The van der Waals surface area contributed by atoms with Crippen molar-refractivity contribution in [3.8, 4) is 22.9 Å². The Morgan fingerprint density at radius 2 is 1.91 bits per heavy atom. The van der Waals surface area contributed by atoms with Gasteiger partial charge in [0.15, 0.2) is 27.0 Å². The fourth-order valence-corrected chi connectivity index (χ4v) is 4.41. The van der Waals surface area contributed by atoms with Crippen molar-refractivity contribution < 1.29 is 31.1 Å². The molecule has 4 heterocycles. The molecule has 1 aliphatic heterocycles. The van der Waals surface area contributed by atoms with Gasteiger partial charge in [-0.25, -0.2) is 18.4 Å². The molecule has 0 saturated carbocycles. The van der Waals surface area contributed by atoms with E-state index in [1.807, 2.05) is 0 Å². The summed E-state index contributed by atoms with van der Waals surface area (Å²) in [6.45, 7) is 0.0182. The molecule has 0 atom stereocenters. The van der Waals surface area contributed by atoms with Crippen LogP contribution in [0.3, 0.4) is 0 Å². The average molecular weight is 502 g/mol. The first kappa shape index (κ1) is 23.0. The topological polar surface area (TPSA) is 103 Å². The second-order valence-electron chi connectivity index (χ2n) is 7.82. The van der Waals surface area contributed by atoms with Crippen LogP contribution in [-0.2, 0) is 27.4 Å². The Morgan fingerprint density at radius 1 is 1.11 bits per heavy atom. The number of anilines is 2. The summed E-state index contributed by atoms with van der Waals surface area (Å²) in [5.74, 6) is 0.590. The Hall–Kier alpha value is -3.77. The lowest BCUT2D eigenvalue weighted by Gasteiger charge is -2.25. The number of sulfone groups is 1. The number of nitrogens with one attached hydrogen (secondary N) is 1. The van der Waals surface area contributed by atoms with Gasteiger partial charge in [-0.3, -0.25) is 4.98 Å². The third-order valence-electron chi connectivity index (χ3n) is 5.36. The molecule has 0 amide bonds. The second kappa shape index (κ2) is 8.17. The van der Waals surface area contributed by atoms with Gasteiger partial charge in [0.25, 0.3) is 0 Å². The highest BCUT2D eigenvalue weighted by molar-refractivity contribution is 7.90. The summed E-state index contributed by atoms with van der Waals surface area (Å²) in [5.41, 5.74) is 0.290. The average Bonchev–Trinajstić information content (AvgIpc) is 2.81. The highest BCUT2D eigenvalue weighted by Crippen LogP contribution is 2.47. The van der Waals surface area contributed by atoms with Gasteiger partial charge in [0.1, 0.15) is 11.4 Å². The summed E-state index contributed by atoms with van der Waals surface area (Å²) in [5, 5.41) is 3.70. The monoisotopic (exact) mass is 502 g/mol. The summed E-state index contributed by atoms with van der Waals surface area (Å²) >= 11 is 0. The molecule has 180 valence electrons. The van der Waals surface area contributed by atoms with Gasteiger partial charge in [0.2, 0.25) is 0 Å². The zero-order chi connectivity index (χ0) is 25.0. The van der Waals surface area contributed by atoms with Gasteiger partial charge in [-0.1, -0.05) is 0 Å². The molecule has 0 bridgehead atoms. The van der Waals surface area contributed by atoms with E-state index < -0.39 is 21.6 Å². The number of rotatable bonds is 4. The molecule has 4 aromatic rings. The zero-order valence-electron chi connectivity index (χ0n) is 18.3. The fraction of sp³-hybridized carbons (Fsp3) is 0.174. The van der Waals surface area contributed by atoms with Crippen LogP contribution < -0.4 is 10.1 Å². The molecule has 35 heavy (non-hydrogen) atoms. The maximum Gasteiger partial charge on any atom is 0.418 e. The van der Waals surface area contributed by atoms with Crippen LogP contribution in [0.4, 0.5) is 24.5 Å². The molecule has 1 aromatic carbocycles. The van der Waals surface area contributed by atoms with Crippen molar-refractivity contribution >= 4 is 32.2 Å². The van der Waals surface area contributed by atoms with Gasteiger partial charge in [-0.2, -0.15) is 13.2 Å². The fourth-order valence-electron chi connectivity index (χ4n) is 3.78. The minimum Gasteiger partial charge on any atom is -0.451 e. The first-order valence-electron chi connectivity index (χ1n) is 10.2. The molecule has 0 fully saturated rings. The second-order valence-corrected chi connectivity index (χ2v) is 9.83. The SMILES string of the molecule is COCc1nc2nc(-c3ncccc3C(F)(F)F)ccc2c2c1Oc1cc(S(C)(=O)=O)ccc1N2. The van der Waals surface area contributed by atoms with E-state index in [9.17, 15) is 21.6 Å². The quantitative estimate of drug-likeness (QED) is 0.362. The molecule has 12 heteroatoms. The first-order chi connectivity index (χ1) is 16.6. The largest absolute Gasteiger partial charge is 0.451 e. The predicted octanol–water partition coefficient (Wildman–Crippen LogP) is 5.11. The Labute approximate surface area is 197 Å². The molecule has 0 aliphatic carbocycles. The van der Waals surface area contributed by atoms with Crippen LogP contribution >= 0.6 is 0 Å². The van der Waals surface area contributed by atoms with Crippen LogP contribution in [0, 0.1) is 0 Å². The van der Waals surface area contributed by atoms with Crippen LogP contribution in [0.5, 0.6) is 11.5 Å². The molecular formula is C23H17F3N4O4S. The number of hydrogen-bond donors (Lipinski definition) is 1. The number of nitrogens with zero attached hydrogens (tertiary/aromatic N) is 3. The van der Waals surface area contributed by atoms with E-state index in [1.165, 1.54) is 37.6 Å². The van der Waals surface area contributed by atoms with Gasteiger partial charge >= 0.3 is 6.18 Å². The van der Waals surface area contributed by atoms with Crippen LogP contribution in [0.1, 0.15) is 11.3 Å². The van der Waals surface area contributed by atoms with Crippen molar-refractivity contribution in [1.82, 2.24) is 15.0 Å². The Balaban J connectivity index is 1.67. The number of methoxy groups -OCH3 is 1. The molecule has 1 aliphatic rings. The maximum atomic E-state index is 13.5. The van der Waals surface area contributed by atoms with Crippen molar-refractivity contribution in [2.45, 2.75) is 17.7 Å². The lowest BCUT2D eigenvalue weighted by atomic mass is 10.1. The number of hydrogen-bond acceptors (Lipinski definition) is 8. The summed E-state index contributed by atoms with van der Waals surface area (Å²) in [6.07, 6.45) is -2.24. The number of benzene rings is 1. The highest BCUT2D eigenvalue weighted by Gasteiger charge is 2.35. The van der Waals surface area contributed by atoms with E-state index >= 15 is 0 Å². The van der Waals surface area contributed by atoms with E-state index in [-0.39, 0.29) is 34.3 Å². The molecule has 8 nitrogen and oxygen atoms in total. The minimum absolute atomic E-state index is 0.0103. The van der Waals surface area contributed by atoms with Crippen LogP contribution in [0.25, 0.3) is 22.4 Å². The number of halogens is 3. The van der Waals surface area contributed by atoms with E-state index in [1.54, 1.807) is 12.1 Å². The molecule has 5 rings (SSSR count). The minimum atomic E-state index is -4.60. The van der Waals surface area contributed by atoms with Crippen molar-refractivity contribution in [2.75, 3.05) is 18.7 Å². The molecule has 0 spiro atoms. The Kier molecular flexibility index (Phi) is 5.37. The van der Waals surface area contributed by atoms with Crippen LogP contribution in [0.2, 0.25) is 0 Å². The van der Waals surface area contributed by atoms with Crippen molar-refractivity contribution in [1.29, 1.82) is 0 Å². The molecule has 0 saturated heterocycles. The predicted molar refractivity (Wildman–Crippen MR) is 121 cm³/mol. The zero-order valence-corrected chi connectivity index (χ0v) is 19.2. The molecule has 0 unspecified atom stereocenters. The number of ether oxygens (including phenoxy) is 2. The van der Waals surface area contributed by atoms with Crippen LogP contribution in [-0.4, -0.2) is 36.7 Å². The number of pyridine rings is 3. The molecule has 1 N–H and O–H groups in total. The van der Waals surface area contributed by atoms with Gasteiger partial charge < -0.3 is 14.8 Å². The number of aromatic nitrogens is 3. The van der Waals surface area contributed by atoms with Crippen molar-refractivity contribution in [2.24, 2.45) is 0 Å². The number of alkyl halides is 3. The normalized spacial score (nSPS) is 13.1. The maximum absolute atomic E-state index is 13.5. The Bertz CT molecular complexity index is 1590. The van der Waals surface area contributed by atoms with E-state index in [0.717, 1.165) is 12.3 Å². The lowest BCUT2D eigenvalue weighted by Crippen LogP contribution is -2.11. The van der Waals surface area contributed by atoms with E-state index in [0.29, 0.717) is 28.2 Å². The van der Waals surface area contributed by atoms with Gasteiger partial charge in [0.05, 0.1) is 34.1 Å².